The molecule has 2 atom stereocenters. The first-order chi connectivity index (χ1) is 8.22. The summed E-state index contributed by atoms with van der Waals surface area (Å²) in [6, 6.07) is 1.76. The Morgan fingerprint density at radius 1 is 1.41 bits per heavy atom. The highest BCUT2D eigenvalue weighted by Crippen LogP contribution is 2.30. The van der Waals surface area contributed by atoms with Gasteiger partial charge < -0.3 is 9.73 Å². The van der Waals surface area contributed by atoms with Crippen LogP contribution < -0.4 is 5.32 Å². The zero-order valence-corrected chi connectivity index (χ0v) is 10.7. The molecule has 1 saturated heterocycles. The van der Waals surface area contributed by atoms with E-state index in [4.69, 9.17) is 16.0 Å². The topological polar surface area (TPSA) is 54.2 Å². The Kier molecular flexibility index (Phi) is 2.96. The lowest BCUT2D eigenvalue weighted by atomic mass is 10.3. The van der Waals surface area contributed by atoms with Crippen LogP contribution in [0.2, 0.25) is 0 Å². The maximum atomic E-state index is 5.87. The highest BCUT2D eigenvalue weighted by molar-refractivity contribution is 6.20. The summed E-state index contributed by atoms with van der Waals surface area (Å²) in [7, 11) is 0. The van der Waals surface area contributed by atoms with Crippen molar-refractivity contribution in [3.05, 3.63) is 5.89 Å². The molecule has 1 N–H and O–H groups in total. The third kappa shape index (κ3) is 2.55. The fourth-order valence-corrected chi connectivity index (χ4v) is 2.39. The van der Waals surface area contributed by atoms with Gasteiger partial charge in [0.2, 0.25) is 5.89 Å². The Labute approximate surface area is 106 Å². The SMILES string of the molecule is CC(Cl)c1nnc(NC2CCN(C3CC3)C2)o1. The van der Waals surface area contributed by atoms with Gasteiger partial charge in [0.05, 0.1) is 0 Å². The monoisotopic (exact) mass is 256 g/mol. The molecular formula is C11H17ClN4O. The number of anilines is 1. The van der Waals surface area contributed by atoms with Gasteiger partial charge in [-0.05, 0) is 26.2 Å². The average molecular weight is 257 g/mol. The van der Waals surface area contributed by atoms with Gasteiger partial charge in [0.25, 0.3) is 0 Å². The Hall–Kier alpha value is -0.810. The molecule has 6 heteroatoms. The van der Waals surface area contributed by atoms with E-state index in [0.717, 1.165) is 19.0 Å². The molecule has 2 aliphatic rings. The quantitative estimate of drug-likeness (QED) is 0.836. The second-order valence-electron chi connectivity index (χ2n) is 4.92. The van der Waals surface area contributed by atoms with Crippen LogP contribution in [0.4, 0.5) is 6.01 Å². The first-order valence-corrected chi connectivity index (χ1v) is 6.64. The second kappa shape index (κ2) is 4.46. The molecule has 0 spiro atoms. The number of likely N-dealkylation sites (tertiary alicyclic amines) is 1. The zero-order valence-electron chi connectivity index (χ0n) is 9.90. The summed E-state index contributed by atoms with van der Waals surface area (Å²) < 4.78 is 5.43. The van der Waals surface area contributed by atoms with Crippen molar-refractivity contribution in [3.8, 4) is 0 Å². The lowest BCUT2D eigenvalue weighted by molar-refractivity contribution is 0.325. The molecule has 3 rings (SSSR count). The van der Waals surface area contributed by atoms with Gasteiger partial charge in [0.15, 0.2) is 0 Å². The number of halogens is 1. The van der Waals surface area contributed by atoms with Crippen molar-refractivity contribution in [1.29, 1.82) is 0 Å². The van der Waals surface area contributed by atoms with E-state index in [9.17, 15) is 0 Å². The van der Waals surface area contributed by atoms with E-state index in [0.29, 0.717) is 17.9 Å². The number of alkyl halides is 1. The van der Waals surface area contributed by atoms with E-state index in [1.165, 1.54) is 19.4 Å². The summed E-state index contributed by atoms with van der Waals surface area (Å²) in [6.45, 7) is 4.08. The lowest BCUT2D eigenvalue weighted by Gasteiger charge is -2.14. The molecule has 0 amide bonds. The smallest absolute Gasteiger partial charge is 0.315 e. The van der Waals surface area contributed by atoms with E-state index in [1.54, 1.807) is 0 Å². The van der Waals surface area contributed by atoms with Crippen LogP contribution >= 0.6 is 11.6 Å². The van der Waals surface area contributed by atoms with Crippen LogP contribution in [0.1, 0.15) is 37.5 Å². The van der Waals surface area contributed by atoms with Crippen molar-refractivity contribution < 1.29 is 4.42 Å². The molecule has 2 heterocycles. The fraction of sp³-hybridized carbons (Fsp3) is 0.818. The minimum atomic E-state index is -0.232. The molecule has 0 bridgehead atoms. The normalized spacial score (nSPS) is 27.3. The second-order valence-corrected chi connectivity index (χ2v) is 5.57. The van der Waals surface area contributed by atoms with Crippen LogP contribution in [0.15, 0.2) is 4.42 Å². The van der Waals surface area contributed by atoms with Gasteiger partial charge in [0.1, 0.15) is 5.38 Å². The number of nitrogens with zero attached hydrogens (tertiary/aromatic N) is 3. The summed E-state index contributed by atoms with van der Waals surface area (Å²) in [5.74, 6) is 0.478. The number of rotatable bonds is 4. The Morgan fingerprint density at radius 2 is 2.24 bits per heavy atom. The van der Waals surface area contributed by atoms with Crippen LogP contribution in [0.3, 0.4) is 0 Å². The van der Waals surface area contributed by atoms with E-state index < -0.39 is 0 Å². The van der Waals surface area contributed by atoms with Crippen LogP contribution in [-0.2, 0) is 0 Å². The molecule has 17 heavy (non-hydrogen) atoms. The van der Waals surface area contributed by atoms with Crippen molar-refractivity contribution in [2.45, 2.75) is 43.6 Å². The molecule has 2 fully saturated rings. The number of aromatic nitrogens is 2. The van der Waals surface area contributed by atoms with Gasteiger partial charge in [-0.3, -0.25) is 4.90 Å². The lowest BCUT2D eigenvalue weighted by Crippen LogP contribution is -2.27. The summed E-state index contributed by atoms with van der Waals surface area (Å²) >= 11 is 5.87. The third-order valence-corrected chi connectivity index (χ3v) is 3.58. The molecular weight excluding hydrogens is 240 g/mol. The Balaban J connectivity index is 1.55. The maximum Gasteiger partial charge on any atom is 0.315 e. The first-order valence-electron chi connectivity index (χ1n) is 6.20. The molecule has 5 nitrogen and oxygen atoms in total. The van der Waals surface area contributed by atoms with Crippen molar-refractivity contribution in [3.63, 3.8) is 0 Å². The highest BCUT2D eigenvalue weighted by atomic mass is 35.5. The van der Waals surface area contributed by atoms with Crippen LogP contribution in [0, 0.1) is 0 Å². The third-order valence-electron chi connectivity index (χ3n) is 3.39. The summed E-state index contributed by atoms with van der Waals surface area (Å²) in [5.41, 5.74) is 0. The zero-order chi connectivity index (χ0) is 11.8. The van der Waals surface area contributed by atoms with Crippen LogP contribution in [0.25, 0.3) is 0 Å². The van der Waals surface area contributed by atoms with Crippen LogP contribution in [-0.4, -0.2) is 40.3 Å². The van der Waals surface area contributed by atoms with E-state index in [1.807, 2.05) is 6.92 Å². The highest BCUT2D eigenvalue weighted by Gasteiger charge is 2.34. The van der Waals surface area contributed by atoms with Gasteiger partial charge >= 0.3 is 6.01 Å². The molecule has 1 aromatic heterocycles. The van der Waals surface area contributed by atoms with Crippen molar-refractivity contribution in [2.24, 2.45) is 0 Å². The van der Waals surface area contributed by atoms with Gasteiger partial charge in [-0.2, -0.15) is 0 Å². The maximum absolute atomic E-state index is 5.87. The van der Waals surface area contributed by atoms with Gasteiger partial charge in [-0.1, -0.05) is 5.10 Å². The number of hydrogen-bond donors (Lipinski definition) is 1. The van der Waals surface area contributed by atoms with E-state index in [2.05, 4.69) is 20.4 Å². The summed E-state index contributed by atoms with van der Waals surface area (Å²) in [4.78, 5) is 2.54. The molecule has 0 radical (unpaired) electrons. The minimum absolute atomic E-state index is 0.232. The van der Waals surface area contributed by atoms with Crippen molar-refractivity contribution >= 4 is 17.6 Å². The van der Waals surface area contributed by atoms with Gasteiger partial charge in [-0.25, -0.2) is 0 Å². The Morgan fingerprint density at radius 3 is 2.88 bits per heavy atom. The number of nitrogens with one attached hydrogen (secondary N) is 1. The minimum Gasteiger partial charge on any atom is -0.406 e. The average Bonchev–Trinajstić information content (AvgIpc) is 2.87. The molecule has 1 saturated carbocycles. The van der Waals surface area contributed by atoms with Gasteiger partial charge in [-0.15, -0.1) is 16.7 Å². The fourth-order valence-electron chi connectivity index (χ4n) is 2.30. The van der Waals surface area contributed by atoms with E-state index in [-0.39, 0.29) is 5.38 Å². The molecule has 2 unspecified atom stereocenters. The predicted octanol–water partition coefficient (Wildman–Crippen LogP) is 2.02. The Bertz CT molecular complexity index is 391. The van der Waals surface area contributed by atoms with Crippen molar-refractivity contribution in [2.75, 3.05) is 18.4 Å². The largest absolute Gasteiger partial charge is 0.406 e. The summed E-state index contributed by atoms with van der Waals surface area (Å²) in [5, 5.41) is 10.9. The van der Waals surface area contributed by atoms with Crippen LogP contribution in [0.5, 0.6) is 0 Å². The molecule has 1 aliphatic carbocycles. The predicted molar refractivity (Wildman–Crippen MR) is 65.2 cm³/mol. The number of hydrogen-bond acceptors (Lipinski definition) is 5. The first kappa shape index (κ1) is 11.3. The van der Waals surface area contributed by atoms with Gasteiger partial charge in [0, 0.05) is 25.2 Å². The molecule has 0 aromatic carbocycles. The van der Waals surface area contributed by atoms with E-state index >= 15 is 0 Å². The molecule has 1 aliphatic heterocycles. The summed E-state index contributed by atoms with van der Waals surface area (Å²) in [6.07, 6.45) is 3.87. The van der Waals surface area contributed by atoms with Crippen molar-refractivity contribution in [1.82, 2.24) is 15.1 Å². The molecule has 1 aromatic rings. The standard InChI is InChI=1S/C11H17ClN4O/c1-7(12)10-14-15-11(17-10)13-8-4-5-16(6-8)9-2-3-9/h7-9H,2-6H2,1H3,(H,13,15). The molecule has 94 valence electrons.